The van der Waals surface area contributed by atoms with Gasteiger partial charge in [0.15, 0.2) is 0 Å². The van der Waals surface area contributed by atoms with E-state index in [1.807, 2.05) is 48.5 Å². The molecule has 0 heterocycles. The number of rotatable bonds is 20. The Kier molecular flexibility index (Phi) is 15.0. The molecule has 7 nitrogen and oxygen atoms in total. The van der Waals surface area contributed by atoms with Gasteiger partial charge in [-0.05, 0) is 67.8 Å². The van der Waals surface area contributed by atoms with E-state index in [4.69, 9.17) is 22.8 Å². The van der Waals surface area contributed by atoms with Crippen molar-refractivity contribution in [3.63, 3.8) is 0 Å². The molecule has 0 amide bonds. The SMILES string of the molecule is CCCCCCCCOc1ccc(N=Nc2ccc(OCCCCC[Si](OC)(OC)OC)cc2)cc1. The second-order valence-corrected chi connectivity index (χ2v) is 11.8. The van der Waals surface area contributed by atoms with Crippen LogP contribution in [0.4, 0.5) is 11.4 Å². The number of azo groups is 1. The van der Waals surface area contributed by atoms with E-state index in [0.29, 0.717) is 6.61 Å². The summed E-state index contributed by atoms with van der Waals surface area (Å²) in [5, 5.41) is 8.65. The number of unbranched alkanes of at least 4 members (excludes halogenated alkanes) is 7. The predicted octanol–water partition coefficient (Wildman–Crippen LogP) is 8.27. The smallest absolute Gasteiger partial charge is 0.494 e. The van der Waals surface area contributed by atoms with Crippen LogP contribution < -0.4 is 9.47 Å². The molecule has 0 atom stereocenters. The van der Waals surface area contributed by atoms with E-state index in [-0.39, 0.29) is 0 Å². The minimum absolute atomic E-state index is 0.662. The summed E-state index contributed by atoms with van der Waals surface area (Å²) in [7, 11) is 2.48. The second kappa shape index (κ2) is 18.1. The first-order valence-electron chi connectivity index (χ1n) is 13.2. The Labute approximate surface area is 218 Å². The second-order valence-electron chi connectivity index (χ2n) is 8.76. The van der Waals surface area contributed by atoms with Gasteiger partial charge in [-0.2, -0.15) is 10.2 Å². The third-order valence-corrected chi connectivity index (χ3v) is 8.88. The van der Waals surface area contributed by atoms with Gasteiger partial charge in [-0.1, -0.05) is 45.4 Å². The van der Waals surface area contributed by atoms with E-state index in [1.54, 1.807) is 21.3 Å². The molecule has 0 aromatic heterocycles. The zero-order valence-corrected chi connectivity index (χ0v) is 23.5. The summed E-state index contributed by atoms with van der Waals surface area (Å²) in [5.41, 5.74) is 1.58. The van der Waals surface area contributed by atoms with Crippen LogP contribution in [0.1, 0.15) is 64.7 Å². The normalized spacial score (nSPS) is 11.8. The fourth-order valence-corrected chi connectivity index (χ4v) is 5.57. The molecule has 0 bridgehead atoms. The third-order valence-electron chi connectivity index (χ3n) is 6.05. The molecule has 0 aliphatic rings. The predicted molar refractivity (Wildman–Crippen MR) is 147 cm³/mol. The van der Waals surface area contributed by atoms with Crippen molar-refractivity contribution in [1.82, 2.24) is 0 Å². The van der Waals surface area contributed by atoms with Gasteiger partial charge in [0.05, 0.1) is 24.6 Å². The summed E-state index contributed by atoms with van der Waals surface area (Å²) in [6, 6.07) is 16.2. The quantitative estimate of drug-likeness (QED) is 0.101. The molecular weight excluding hydrogens is 472 g/mol. The Hall–Kier alpha value is -2.26. The minimum atomic E-state index is -2.46. The lowest BCUT2D eigenvalue weighted by atomic mass is 10.1. The molecule has 2 aromatic rings. The van der Waals surface area contributed by atoms with Crippen molar-refractivity contribution < 1.29 is 22.8 Å². The highest BCUT2D eigenvalue weighted by Crippen LogP contribution is 2.24. The van der Waals surface area contributed by atoms with E-state index in [9.17, 15) is 0 Å². The fourth-order valence-electron chi connectivity index (χ4n) is 3.77. The highest BCUT2D eigenvalue weighted by atomic mass is 28.4. The number of ether oxygens (including phenoxy) is 2. The van der Waals surface area contributed by atoms with Gasteiger partial charge in [-0.25, -0.2) is 0 Å². The first-order valence-corrected chi connectivity index (χ1v) is 15.1. The molecule has 0 unspecified atom stereocenters. The zero-order valence-electron chi connectivity index (χ0n) is 22.5. The largest absolute Gasteiger partial charge is 0.500 e. The van der Waals surface area contributed by atoms with Gasteiger partial charge >= 0.3 is 8.80 Å². The van der Waals surface area contributed by atoms with Crippen LogP contribution in [0.5, 0.6) is 11.5 Å². The highest BCUT2D eigenvalue weighted by Gasteiger charge is 2.36. The summed E-state index contributed by atoms with van der Waals surface area (Å²) in [6.45, 7) is 3.67. The molecule has 2 rings (SSSR count). The Bertz CT molecular complexity index is 834. The van der Waals surface area contributed by atoms with Crippen molar-refractivity contribution in [3.05, 3.63) is 48.5 Å². The molecule has 0 saturated carbocycles. The van der Waals surface area contributed by atoms with Gasteiger partial charge < -0.3 is 22.8 Å². The summed E-state index contributed by atoms with van der Waals surface area (Å²) < 4.78 is 28.0. The van der Waals surface area contributed by atoms with E-state index in [1.165, 1.54) is 32.1 Å². The van der Waals surface area contributed by atoms with Crippen LogP contribution in [-0.4, -0.2) is 43.3 Å². The van der Waals surface area contributed by atoms with Crippen LogP contribution in [0.15, 0.2) is 58.8 Å². The number of nitrogens with zero attached hydrogens (tertiary/aromatic N) is 2. The van der Waals surface area contributed by atoms with Crippen LogP contribution in [-0.2, 0) is 13.3 Å². The molecule has 0 spiro atoms. The lowest BCUT2D eigenvalue weighted by Gasteiger charge is -2.24. The molecule has 0 N–H and O–H groups in total. The summed E-state index contributed by atoms with van der Waals surface area (Å²) >= 11 is 0. The maximum Gasteiger partial charge on any atom is 0.500 e. The van der Waals surface area contributed by atoms with E-state index >= 15 is 0 Å². The van der Waals surface area contributed by atoms with Gasteiger partial charge in [-0.3, -0.25) is 0 Å². The summed E-state index contributed by atoms with van der Waals surface area (Å²) in [6.07, 6.45) is 10.5. The fraction of sp³-hybridized carbons (Fsp3) is 0.571. The Balaban J connectivity index is 1.64. The maximum atomic E-state index is 5.84. The van der Waals surface area contributed by atoms with Gasteiger partial charge in [0.25, 0.3) is 0 Å². The van der Waals surface area contributed by atoms with Gasteiger partial charge in [0.2, 0.25) is 0 Å². The molecular formula is C28H44N2O5Si. The Morgan fingerprint density at radius 1 is 0.556 bits per heavy atom. The molecule has 36 heavy (non-hydrogen) atoms. The topological polar surface area (TPSA) is 70.9 Å². The van der Waals surface area contributed by atoms with Crippen molar-refractivity contribution in [2.45, 2.75) is 70.8 Å². The summed E-state index contributed by atoms with van der Waals surface area (Å²) in [5.74, 6) is 1.71. The molecule has 0 aliphatic heterocycles. The first kappa shape index (κ1) is 30.0. The Morgan fingerprint density at radius 2 is 0.972 bits per heavy atom. The van der Waals surface area contributed by atoms with Crippen molar-refractivity contribution in [1.29, 1.82) is 0 Å². The molecule has 200 valence electrons. The lowest BCUT2D eigenvalue weighted by molar-refractivity contribution is 0.122. The Morgan fingerprint density at radius 3 is 1.42 bits per heavy atom. The summed E-state index contributed by atoms with van der Waals surface area (Å²) in [4.78, 5) is 0. The number of hydrogen-bond acceptors (Lipinski definition) is 7. The van der Waals surface area contributed by atoms with Crippen LogP contribution in [0.2, 0.25) is 6.04 Å². The molecule has 0 saturated heterocycles. The lowest BCUT2D eigenvalue weighted by Crippen LogP contribution is -2.42. The van der Waals surface area contributed by atoms with Crippen molar-refractivity contribution >= 4 is 20.2 Å². The third kappa shape index (κ3) is 11.6. The number of benzene rings is 2. The molecule has 0 aliphatic carbocycles. The van der Waals surface area contributed by atoms with Crippen LogP contribution in [0.3, 0.4) is 0 Å². The van der Waals surface area contributed by atoms with Crippen molar-refractivity contribution in [2.24, 2.45) is 10.2 Å². The highest BCUT2D eigenvalue weighted by molar-refractivity contribution is 6.60. The van der Waals surface area contributed by atoms with Crippen LogP contribution >= 0.6 is 0 Å². The molecule has 8 heteroatoms. The van der Waals surface area contributed by atoms with Crippen LogP contribution in [0.25, 0.3) is 0 Å². The van der Waals surface area contributed by atoms with E-state index in [0.717, 1.165) is 61.2 Å². The average molecular weight is 517 g/mol. The molecule has 2 aromatic carbocycles. The van der Waals surface area contributed by atoms with Gasteiger partial charge in [-0.15, -0.1) is 0 Å². The molecule has 0 radical (unpaired) electrons. The maximum absolute atomic E-state index is 5.84. The van der Waals surface area contributed by atoms with Crippen molar-refractivity contribution in [3.8, 4) is 11.5 Å². The van der Waals surface area contributed by atoms with E-state index in [2.05, 4.69) is 17.2 Å². The van der Waals surface area contributed by atoms with E-state index < -0.39 is 8.80 Å². The van der Waals surface area contributed by atoms with Crippen molar-refractivity contribution in [2.75, 3.05) is 34.5 Å². The molecule has 0 fully saturated rings. The number of hydrogen-bond donors (Lipinski definition) is 0. The zero-order chi connectivity index (χ0) is 25.9. The van der Waals surface area contributed by atoms with Gasteiger partial charge in [0, 0.05) is 27.4 Å². The first-order chi connectivity index (χ1) is 17.6. The minimum Gasteiger partial charge on any atom is -0.494 e. The van der Waals surface area contributed by atoms with Crippen LogP contribution in [0, 0.1) is 0 Å². The average Bonchev–Trinajstić information content (AvgIpc) is 2.93. The monoisotopic (exact) mass is 516 g/mol. The van der Waals surface area contributed by atoms with Gasteiger partial charge in [0.1, 0.15) is 11.5 Å². The standard InChI is InChI=1S/C28H44N2O5Si/c1-5-6-7-8-9-11-22-34-27-18-14-25(15-19-27)29-30-26-16-20-28(21-17-26)35-23-12-10-13-24-36(31-2,32-3)33-4/h14-21H,5-13,22-24H2,1-4H3.